The summed E-state index contributed by atoms with van der Waals surface area (Å²) in [6.07, 6.45) is 0. The van der Waals surface area contributed by atoms with Crippen molar-refractivity contribution in [3.8, 4) is 0 Å². The minimum atomic E-state index is -0.434. The molecular weight excluding hydrogens is 388 g/mol. The molecule has 3 aromatic carbocycles. The van der Waals surface area contributed by atoms with Crippen molar-refractivity contribution < 1.29 is 14.4 Å². The predicted octanol–water partition coefficient (Wildman–Crippen LogP) is 4.57. The second-order valence-corrected chi connectivity index (χ2v) is 6.71. The molecule has 0 heterocycles. The van der Waals surface area contributed by atoms with E-state index < -0.39 is 5.91 Å². The van der Waals surface area contributed by atoms with Crippen LogP contribution < -0.4 is 10.6 Å². The van der Waals surface area contributed by atoms with E-state index >= 15 is 0 Å². The predicted molar refractivity (Wildman–Crippen MR) is 114 cm³/mol. The second kappa shape index (κ2) is 9.17. The van der Waals surface area contributed by atoms with Gasteiger partial charge in [0.1, 0.15) is 0 Å². The summed E-state index contributed by atoms with van der Waals surface area (Å²) in [5.41, 5.74) is 1.87. The van der Waals surface area contributed by atoms with Gasteiger partial charge < -0.3 is 10.6 Å². The van der Waals surface area contributed by atoms with Crippen molar-refractivity contribution in [2.24, 2.45) is 0 Å². The van der Waals surface area contributed by atoms with Crippen LogP contribution in [0.15, 0.2) is 72.8 Å². The van der Waals surface area contributed by atoms with Gasteiger partial charge in [0.2, 0.25) is 0 Å². The summed E-state index contributed by atoms with van der Waals surface area (Å²) >= 11 is 5.89. The summed E-state index contributed by atoms with van der Waals surface area (Å²) in [7, 11) is 0. The van der Waals surface area contributed by atoms with Crippen LogP contribution in [0, 0.1) is 0 Å². The Morgan fingerprint density at radius 2 is 1.48 bits per heavy atom. The van der Waals surface area contributed by atoms with Gasteiger partial charge in [-0.2, -0.15) is 0 Å². The molecule has 0 radical (unpaired) electrons. The lowest BCUT2D eigenvalue weighted by Crippen LogP contribution is -2.23. The largest absolute Gasteiger partial charge is 0.352 e. The topological polar surface area (TPSA) is 75.3 Å². The molecule has 2 N–H and O–H groups in total. The van der Waals surface area contributed by atoms with Crippen LogP contribution in [0.2, 0.25) is 5.02 Å². The molecule has 0 saturated carbocycles. The number of carbonyl (C=O) groups is 3. The molecule has 0 aliphatic rings. The first-order chi connectivity index (χ1) is 14.0. The van der Waals surface area contributed by atoms with E-state index in [9.17, 15) is 14.4 Å². The van der Waals surface area contributed by atoms with Gasteiger partial charge in [-0.3, -0.25) is 14.4 Å². The average Bonchev–Trinajstić information content (AvgIpc) is 2.74. The maximum atomic E-state index is 12.9. The van der Waals surface area contributed by atoms with Crippen molar-refractivity contribution in [3.05, 3.63) is 100 Å². The van der Waals surface area contributed by atoms with Crippen LogP contribution in [0.4, 0.5) is 5.69 Å². The average molecular weight is 407 g/mol. The van der Waals surface area contributed by atoms with Crippen LogP contribution in [0.1, 0.15) is 43.6 Å². The van der Waals surface area contributed by atoms with Crippen LogP contribution in [0.5, 0.6) is 0 Å². The van der Waals surface area contributed by atoms with Crippen LogP contribution in [0.3, 0.4) is 0 Å². The number of carbonyl (C=O) groups excluding carboxylic acids is 3. The third-order valence-corrected chi connectivity index (χ3v) is 4.49. The van der Waals surface area contributed by atoms with Gasteiger partial charge in [0.25, 0.3) is 11.8 Å². The Balaban J connectivity index is 1.86. The molecule has 0 fully saturated rings. The van der Waals surface area contributed by atoms with E-state index in [-0.39, 0.29) is 22.8 Å². The quantitative estimate of drug-likeness (QED) is 0.588. The van der Waals surface area contributed by atoms with Crippen LogP contribution in [0.25, 0.3) is 0 Å². The molecule has 0 aromatic heterocycles. The third-order valence-electron chi connectivity index (χ3n) is 4.24. The van der Waals surface area contributed by atoms with Gasteiger partial charge >= 0.3 is 0 Å². The molecule has 0 atom stereocenters. The van der Waals surface area contributed by atoms with E-state index in [4.69, 9.17) is 11.6 Å². The van der Waals surface area contributed by atoms with Crippen LogP contribution >= 0.6 is 11.6 Å². The summed E-state index contributed by atoms with van der Waals surface area (Å²) in [6, 6.07) is 19.7. The van der Waals surface area contributed by atoms with Crippen molar-refractivity contribution in [2.45, 2.75) is 6.92 Å². The number of anilines is 1. The van der Waals surface area contributed by atoms with E-state index in [1.165, 1.54) is 0 Å². The van der Waals surface area contributed by atoms with E-state index in [0.717, 1.165) is 0 Å². The molecule has 6 heteroatoms. The molecule has 29 heavy (non-hydrogen) atoms. The van der Waals surface area contributed by atoms with Gasteiger partial charge in [0.15, 0.2) is 5.78 Å². The molecule has 2 amide bonds. The highest BCUT2D eigenvalue weighted by molar-refractivity contribution is 6.30. The van der Waals surface area contributed by atoms with Gasteiger partial charge in [0, 0.05) is 33.9 Å². The lowest BCUT2D eigenvalue weighted by molar-refractivity contribution is 0.0954. The smallest absolute Gasteiger partial charge is 0.256 e. The highest BCUT2D eigenvalue weighted by atomic mass is 35.5. The molecular formula is C23H19ClN2O3. The summed E-state index contributed by atoms with van der Waals surface area (Å²) in [5, 5.41) is 6.00. The fourth-order valence-electron chi connectivity index (χ4n) is 2.84. The van der Waals surface area contributed by atoms with E-state index in [1.807, 2.05) is 6.92 Å². The van der Waals surface area contributed by atoms with Gasteiger partial charge in [0.05, 0.1) is 5.56 Å². The van der Waals surface area contributed by atoms with Crippen molar-refractivity contribution in [3.63, 3.8) is 0 Å². The lowest BCUT2D eigenvalue weighted by Gasteiger charge is -2.11. The summed E-state index contributed by atoms with van der Waals surface area (Å²) in [6.45, 7) is 2.34. The normalized spacial score (nSPS) is 10.3. The molecule has 0 bridgehead atoms. The van der Waals surface area contributed by atoms with Gasteiger partial charge in [-0.15, -0.1) is 0 Å². The third kappa shape index (κ3) is 4.89. The minimum absolute atomic E-state index is 0.220. The van der Waals surface area contributed by atoms with Crippen molar-refractivity contribution in [1.29, 1.82) is 0 Å². The molecule has 0 saturated heterocycles. The molecule has 146 valence electrons. The maximum Gasteiger partial charge on any atom is 0.256 e. The SMILES string of the molecule is CCNC(=O)c1cccc(NC(=O)c2ccccc2C(=O)c2ccc(Cl)cc2)c1. The number of nitrogens with one attached hydrogen (secondary N) is 2. The number of benzene rings is 3. The highest BCUT2D eigenvalue weighted by Crippen LogP contribution is 2.19. The number of amides is 2. The second-order valence-electron chi connectivity index (χ2n) is 6.28. The zero-order chi connectivity index (χ0) is 20.8. The number of rotatable bonds is 6. The van der Waals surface area contributed by atoms with Crippen molar-refractivity contribution >= 4 is 34.9 Å². The Kier molecular flexibility index (Phi) is 6.42. The maximum absolute atomic E-state index is 12.9. The first kappa shape index (κ1) is 20.3. The first-order valence-electron chi connectivity index (χ1n) is 9.08. The van der Waals surface area contributed by atoms with Crippen molar-refractivity contribution in [2.75, 3.05) is 11.9 Å². The van der Waals surface area contributed by atoms with Gasteiger partial charge in [-0.25, -0.2) is 0 Å². The van der Waals surface area contributed by atoms with E-state index in [1.54, 1.807) is 72.8 Å². The number of hydrogen-bond acceptors (Lipinski definition) is 3. The number of ketones is 1. The summed E-state index contributed by atoms with van der Waals surface area (Å²) < 4.78 is 0. The lowest BCUT2D eigenvalue weighted by atomic mass is 9.98. The van der Waals surface area contributed by atoms with Gasteiger partial charge in [-0.1, -0.05) is 35.9 Å². The molecule has 3 rings (SSSR count). The Morgan fingerprint density at radius 3 is 2.17 bits per heavy atom. The fraction of sp³-hybridized carbons (Fsp3) is 0.0870. The Labute approximate surface area is 173 Å². The molecule has 3 aromatic rings. The number of halogens is 1. The summed E-state index contributed by atoms with van der Waals surface area (Å²) in [5.74, 6) is -0.929. The summed E-state index contributed by atoms with van der Waals surface area (Å²) in [4.78, 5) is 37.7. The van der Waals surface area contributed by atoms with Crippen molar-refractivity contribution in [1.82, 2.24) is 5.32 Å². The molecule has 5 nitrogen and oxygen atoms in total. The van der Waals surface area contributed by atoms with Gasteiger partial charge in [-0.05, 0) is 55.5 Å². The fourth-order valence-corrected chi connectivity index (χ4v) is 2.96. The number of hydrogen-bond donors (Lipinski definition) is 2. The first-order valence-corrected chi connectivity index (χ1v) is 9.46. The minimum Gasteiger partial charge on any atom is -0.352 e. The Morgan fingerprint density at radius 1 is 0.793 bits per heavy atom. The van der Waals surface area contributed by atoms with E-state index in [2.05, 4.69) is 10.6 Å². The zero-order valence-electron chi connectivity index (χ0n) is 15.7. The highest BCUT2D eigenvalue weighted by Gasteiger charge is 2.18. The van der Waals surface area contributed by atoms with E-state index in [0.29, 0.717) is 28.4 Å². The Hall–Kier alpha value is -3.44. The Bertz CT molecular complexity index is 1060. The molecule has 0 aliphatic heterocycles. The zero-order valence-corrected chi connectivity index (χ0v) is 16.5. The molecule has 0 spiro atoms. The standard InChI is InChI=1S/C23H19ClN2O3/c1-2-25-22(28)16-6-5-7-18(14-16)26-23(29)20-9-4-3-8-19(20)21(27)15-10-12-17(24)13-11-15/h3-14H,2H2,1H3,(H,25,28)(H,26,29). The molecule has 0 unspecified atom stereocenters. The molecule has 0 aliphatic carbocycles. The monoisotopic (exact) mass is 406 g/mol. The van der Waals surface area contributed by atoms with Crippen LogP contribution in [-0.4, -0.2) is 24.1 Å². The van der Waals surface area contributed by atoms with Crippen LogP contribution in [-0.2, 0) is 0 Å².